The quantitative estimate of drug-likeness (QED) is 0.0335. The number of benzene rings is 6. The van der Waals surface area contributed by atoms with Crippen molar-refractivity contribution in [2.45, 2.75) is 75.2 Å². The molecule has 0 amide bonds. The van der Waals surface area contributed by atoms with Gasteiger partial charge in [-0.25, -0.2) is 9.59 Å². The third-order valence-electron chi connectivity index (χ3n) is 10.6. The van der Waals surface area contributed by atoms with Crippen LogP contribution in [0.2, 0.25) is 0 Å². The molecule has 68 heavy (non-hydrogen) atoms. The van der Waals surface area contributed by atoms with E-state index in [1.54, 1.807) is 76.0 Å². The number of aromatic hydroxyl groups is 3. The van der Waals surface area contributed by atoms with E-state index in [2.05, 4.69) is 36.4 Å². The first-order chi connectivity index (χ1) is 32.5. The summed E-state index contributed by atoms with van der Waals surface area (Å²) in [4.78, 5) is 45.4. The zero-order valence-corrected chi connectivity index (χ0v) is 41.5. The second-order valence-electron chi connectivity index (χ2n) is 15.7. The number of phenols is 3. The normalized spacial score (nSPS) is 10.5. The van der Waals surface area contributed by atoms with E-state index in [0.717, 1.165) is 66.7 Å². The predicted octanol–water partition coefficient (Wildman–Crippen LogP) is 10.3. The number of hydrogen-bond donors (Lipinski definition) is 3. The van der Waals surface area contributed by atoms with Crippen LogP contribution in [0.4, 0.5) is 0 Å². The highest BCUT2D eigenvalue weighted by atomic mass is 31.2. The Balaban J connectivity index is 0.000000251. The number of rotatable bonds is 13. The van der Waals surface area contributed by atoms with Gasteiger partial charge in [0.15, 0.2) is 6.29 Å². The molecule has 0 atom stereocenters. The molecule has 0 aliphatic rings. The minimum absolute atomic E-state index is 0.172. The molecule has 0 aromatic heterocycles. The lowest BCUT2D eigenvalue weighted by Gasteiger charge is -2.28. The van der Waals surface area contributed by atoms with Crippen LogP contribution in [-0.4, -0.2) is 65.1 Å². The molecule has 6 aromatic carbocycles. The van der Waals surface area contributed by atoms with E-state index in [1.165, 1.54) is 6.08 Å². The minimum Gasteiger partial charge on any atom is -0.508 e. The van der Waals surface area contributed by atoms with Crippen LogP contribution in [0.5, 0.6) is 17.2 Å². The number of carbonyl (C=O) groups is 4. The van der Waals surface area contributed by atoms with Gasteiger partial charge in [0.05, 0.1) is 19.8 Å². The van der Waals surface area contributed by atoms with Crippen molar-refractivity contribution in [3.63, 3.8) is 0 Å². The fraction of sp³-hybridized carbons (Fsp3) is 0.246. The smallest absolute Gasteiger partial charge is 0.331 e. The molecule has 3 N–H and O–H groups in total. The van der Waals surface area contributed by atoms with Gasteiger partial charge < -0.3 is 29.5 Å². The number of esters is 3. The van der Waals surface area contributed by atoms with Crippen LogP contribution in [0, 0.1) is 41.5 Å². The molecule has 6 rings (SSSR count). The average molecular weight is 941 g/mol. The Morgan fingerprint density at radius 1 is 0.500 bits per heavy atom. The maximum atomic E-state index is 12.5. The first-order valence-corrected chi connectivity index (χ1v) is 24.3. The summed E-state index contributed by atoms with van der Waals surface area (Å²) in [7, 11) is 0. The van der Waals surface area contributed by atoms with Crippen LogP contribution in [0.15, 0.2) is 133 Å². The number of ether oxygens (including phenoxy) is 3. The lowest BCUT2D eigenvalue weighted by molar-refractivity contribution is -0.143. The molecule has 0 fully saturated rings. The fourth-order valence-electron chi connectivity index (χ4n) is 7.52. The van der Waals surface area contributed by atoms with Crippen LogP contribution in [-0.2, 0) is 35.0 Å². The van der Waals surface area contributed by atoms with E-state index in [-0.39, 0.29) is 35.2 Å². The van der Waals surface area contributed by atoms with E-state index in [9.17, 15) is 29.4 Å². The Kier molecular flexibility index (Phi) is 22.8. The standard InChI is InChI=1S/C22H21O2P.C13H18O3.C13H16O3.C9H10O2/c1-2-24-22(23)18-25(19-12-6-3-7-13-19,20-14-8-4-9-15-20)21-16-10-5-11-17-21;2*1-4-16-13(15)6-5-12-9(2)7-11(14)8-10(12)3;1-6-3-8(11)4-7(2)9(6)5-10/h3-18H,2H2,1H3;7-8,14H,4-6H2,1-3H3;5-8,14H,4H2,1-3H3;3-5,11H,1-2H3/b;;6-5+;. The summed E-state index contributed by atoms with van der Waals surface area (Å²) in [5.74, 6) is 1.73. The van der Waals surface area contributed by atoms with Crippen LogP contribution in [0.3, 0.4) is 0 Å². The van der Waals surface area contributed by atoms with Gasteiger partial charge in [0.1, 0.15) is 17.2 Å². The molecular formula is C57H65O10P. The maximum absolute atomic E-state index is 12.5. The van der Waals surface area contributed by atoms with Crippen molar-refractivity contribution >= 4 is 58.9 Å². The third-order valence-corrected chi connectivity index (χ3v) is 14.5. The van der Waals surface area contributed by atoms with Gasteiger partial charge in [-0.3, -0.25) is 9.59 Å². The van der Waals surface area contributed by atoms with Gasteiger partial charge >= 0.3 is 17.9 Å². The predicted molar refractivity (Wildman–Crippen MR) is 277 cm³/mol. The Morgan fingerprint density at radius 2 is 0.853 bits per heavy atom. The van der Waals surface area contributed by atoms with Gasteiger partial charge in [-0.2, -0.15) is 0 Å². The number of hydrogen-bond acceptors (Lipinski definition) is 10. The van der Waals surface area contributed by atoms with Crippen molar-refractivity contribution in [2.24, 2.45) is 0 Å². The molecule has 0 saturated heterocycles. The molecule has 0 unspecified atom stereocenters. The van der Waals surface area contributed by atoms with E-state index in [0.29, 0.717) is 38.2 Å². The Labute approximate surface area is 401 Å². The zero-order valence-electron chi connectivity index (χ0n) is 40.6. The van der Waals surface area contributed by atoms with Gasteiger partial charge in [0.25, 0.3) is 0 Å². The summed E-state index contributed by atoms with van der Waals surface area (Å²) in [6, 6.07) is 40.7. The van der Waals surface area contributed by atoms with Gasteiger partial charge in [-0.1, -0.05) is 91.0 Å². The lowest BCUT2D eigenvalue weighted by Crippen LogP contribution is -2.29. The highest BCUT2D eigenvalue weighted by Gasteiger charge is 2.26. The SMILES string of the molecule is CCOC(=O)/C=C/c1c(C)cc(O)cc1C.CCOC(=O)C=P(c1ccccc1)(c1ccccc1)c1ccccc1.CCOC(=O)CCc1c(C)cc(O)cc1C.Cc1cc(O)cc(C)c1C=O. The van der Waals surface area contributed by atoms with E-state index in [1.807, 2.05) is 89.2 Å². The van der Waals surface area contributed by atoms with Gasteiger partial charge in [-0.05, 0) is 179 Å². The van der Waals surface area contributed by atoms with Crippen molar-refractivity contribution in [1.82, 2.24) is 0 Å². The zero-order chi connectivity index (χ0) is 50.2. The van der Waals surface area contributed by atoms with Gasteiger partial charge in [0.2, 0.25) is 0 Å². The summed E-state index contributed by atoms with van der Waals surface area (Å²) in [5, 5.41) is 31.3. The Hall–Kier alpha value is -7.16. The molecule has 0 aliphatic heterocycles. The lowest BCUT2D eigenvalue weighted by atomic mass is 9.98. The largest absolute Gasteiger partial charge is 0.508 e. The number of phenolic OH excluding ortho intramolecular Hbond substituents is 3. The van der Waals surface area contributed by atoms with Crippen molar-refractivity contribution < 1.29 is 48.7 Å². The van der Waals surface area contributed by atoms with Crippen molar-refractivity contribution in [3.05, 3.63) is 184 Å². The monoisotopic (exact) mass is 940 g/mol. The minimum atomic E-state index is -2.24. The molecule has 0 aliphatic carbocycles. The third kappa shape index (κ3) is 16.6. The molecule has 0 spiro atoms. The fourth-order valence-corrected chi connectivity index (χ4v) is 11.2. The molecule has 10 nitrogen and oxygen atoms in total. The Bertz CT molecular complexity index is 2500. The number of aryl methyl sites for hydroxylation is 6. The summed E-state index contributed by atoms with van der Waals surface area (Å²) in [6.45, 7) is 15.6. The van der Waals surface area contributed by atoms with Crippen LogP contribution in [0.25, 0.3) is 6.08 Å². The second kappa shape index (κ2) is 28.1. The average Bonchev–Trinajstić information content (AvgIpc) is 3.29. The molecule has 0 bridgehead atoms. The van der Waals surface area contributed by atoms with Crippen LogP contribution >= 0.6 is 6.89 Å². The number of carbonyl (C=O) groups excluding carboxylic acids is 4. The molecule has 0 radical (unpaired) electrons. The molecule has 0 heterocycles. The van der Waals surface area contributed by atoms with Crippen LogP contribution in [0.1, 0.15) is 82.1 Å². The molecular weight excluding hydrogens is 876 g/mol. The van der Waals surface area contributed by atoms with Crippen molar-refractivity contribution in [2.75, 3.05) is 19.8 Å². The first-order valence-electron chi connectivity index (χ1n) is 22.4. The molecule has 11 heteroatoms. The van der Waals surface area contributed by atoms with E-state index >= 15 is 0 Å². The topological polar surface area (TPSA) is 157 Å². The highest BCUT2D eigenvalue weighted by Crippen LogP contribution is 2.43. The van der Waals surface area contributed by atoms with Crippen molar-refractivity contribution in [1.29, 1.82) is 0 Å². The number of aldehydes is 1. The second-order valence-corrected chi connectivity index (χ2v) is 18.9. The van der Waals surface area contributed by atoms with Gasteiger partial charge in [-0.15, -0.1) is 0 Å². The van der Waals surface area contributed by atoms with E-state index in [4.69, 9.17) is 19.3 Å². The highest BCUT2D eigenvalue weighted by molar-refractivity contribution is 7.95. The van der Waals surface area contributed by atoms with Crippen molar-refractivity contribution in [3.8, 4) is 17.2 Å². The first kappa shape index (κ1) is 55.2. The summed E-state index contributed by atoms with van der Waals surface area (Å²) in [5.41, 5.74) is 8.24. The summed E-state index contributed by atoms with van der Waals surface area (Å²) in [6.07, 6.45) is 4.97. The summed E-state index contributed by atoms with van der Waals surface area (Å²) < 4.78 is 15.0. The molecule has 358 valence electrons. The summed E-state index contributed by atoms with van der Waals surface area (Å²) >= 11 is 0. The Morgan fingerprint density at radius 3 is 1.22 bits per heavy atom. The molecule has 0 saturated carbocycles. The van der Waals surface area contributed by atoms with E-state index < -0.39 is 6.89 Å². The van der Waals surface area contributed by atoms with Crippen LogP contribution < -0.4 is 15.9 Å². The molecule has 6 aromatic rings. The van der Waals surface area contributed by atoms with Gasteiger partial charge in [0, 0.05) is 23.9 Å². The maximum Gasteiger partial charge on any atom is 0.331 e.